The Morgan fingerprint density at radius 2 is 0.667 bits per heavy atom. The topological polar surface area (TPSA) is 17.1 Å². The second kappa shape index (κ2) is 20.7. The number of unbranched alkanes of at least 4 members (excludes halogenated alkanes) is 16. The van der Waals surface area contributed by atoms with Crippen LogP contribution >= 0.6 is 0 Å². The normalized spacial score (nSPS) is 11.1. The minimum absolute atomic E-state index is 0.512. The van der Waals surface area contributed by atoms with Gasteiger partial charge in [0, 0.05) is 12.8 Å². The molecule has 24 heavy (non-hydrogen) atoms. The van der Waals surface area contributed by atoms with Crippen molar-refractivity contribution in [2.24, 2.45) is 0 Å². The standard InChI is InChI=1S/C23H46O/c1-3-5-7-9-11-12-13-14-15-16-18-20-22-23(24)21-19-17-10-8-6-4-2/h3-22H2,1-2H3. The molecule has 0 unspecified atom stereocenters. The molecular weight excluding hydrogens is 292 g/mol. The van der Waals surface area contributed by atoms with Crippen LogP contribution in [0.15, 0.2) is 0 Å². The van der Waals surface area contributed by atoms with Gasteiger partial charge in [0.1, 0.15) is 5.78 Å². The van der Waals surface area contributed by atoms with Gasteiger partial charge < -0.3 is 0 Å². The van der Waals surface area contributed by atoms with Crippen molar-refractivity contribution in [2.45, 2.75) is 142 Å². The van der Waals surface area contributed by atoms with Crippen molar-refractivity contribution < 1.29 is 4.79 Å². The molecule has 0 amide bonds. The van der Waals surface area contributed by atoms with Crippen LogP contribution < -0.4 is 0 Å². The van der Waals surface area contributed by atoms with Gasteiger partial charge >= 0.3 is 0 Å². The van der Waals surface area contributed by atoms with Gasteiger partial charge in [-0.3, -0.25) is 4.79 Å². The first kappa shape index (κ1) is 23.7. The summed E-state index contributed by atoms with van der Waals surface area (Å²) < 4.78 is 0. The number of Topliss-reactive ketones (excluding diaryl/α,β-unsaturated/α-hetero) is 1. The average molecular weight is 339 g/mol. The number of rotatable bonds is 20. The van der Waals surface area contributed by atoms with E-state index in [0.717, 1.165) is 25.7 Å². The van der Waals surface area contributed by atoms with Gasteiger partial charge in [0.15, 0.2) is 0 Å². The highest BCUT2D eigenvalue weighted by Crippen LogP contribution is 2.13. The van der Waals surface area contributed by atoms with E-state index in [2.05, 4.69) is 13.8 Å². The molecule has 0 saturated heterocycles. The molecule has 0 rings (SSSR count). The number of hydrogen-bond donors (Lipinski definition) is 0. The van der Waals surface area contributed by atoms with Crippen molar-refractivity contribution in [3.05, 3.63) is 0 Å². The van der Waals surface area contributed by atoms with E-state index in [4.69, 9.17) is 0 Å². The first-order valence-corrected chi connectivity index (χ1v) is 11.3. The molecule has 1 heteroatoms. The zero-order valence-electron chi connectivity index (χ0n) is 17.1. The Bertz CT molecular complexity index is 246. The third-order valence-corrected chi connectivity index (χ3v) is 5.12. The Labute approximate surface area is 153 Å². The molecule has 0 aromatic rings. The maximum atomic E-state index is 11.8. The van der Waals surface area contributed by atoms with Crippen LogP contribution in [0.1, 0.15) is 142 Å². The Hall–Kier alpha value is -0.330. The van der Waals surface area contributed by atoms with Crippen LogP contribution in [0.4, 0.5) is 0 Å². The van der Waals surface area contributed by atoms with Crippen molar-refractivity contribution in [1.29, 1.82) is 0 Å². The van der Waals surface area contributed by atoms with Gasteiger partial charge in [-0.15, -0.1) is 0 Å². The van der Waals surface area contributed by atoms with Crippen LogP contribution in [0.2, 0.25) is 0 Å². The fraction of sp³-hybridized carbons (Fsp3) is 0.957. The minimum atomic E-state index is 0.512. The first-order chi connectivity index (χ1) is 11.8. The van der Waals surface area contributed by atoms with Gasteiger partial charge in [-0.05, 0) is 12.8 Å². The maximum Gasteiger partial charge on any atom is 0.132 e. The van der Waals surface area contributed by atoms with Crippen LogP contribution in [0.25, 0.3) is 0 Å². The summed E-state index contributed by atoms with van der Waals surface area (Å²) >= 11 is 0. The van der Waals surface area contributed by atoms with Crippen molar-refractivity contribution in [3.8, 4) is 0 Å². The highest BCUT2D eigenvalue weighted by molar-refractivity contribution is 5.78. The summed E-state index contributed by atoms with van der Waals surface area (Å²) in [7, 11) is 0. The summed E-state index contributed by atoms with van der Waals surface area (Å²) in [6.07, 6.45) is 25.8. The van der Waals surface area contributed by atoms with E-state index in [-0.39, 0.29) is 0 Å². The Kier molecular flexibility index (Phi) is 20.4. The molecule has 0 aromatic heterocycles. The van der Waals surface area contributed by atoms with Crippen LogP contribution in [0.3, 0.4) is 0 Å². The molecule has 0 bridgehead atoms. The van der Waals surface area contributed by atoms with Crippen molar-refractivity contribution in [1.82, 2.24) is 0 Å². The SMILES string of the molecule is CCCCCCCCCCCCCCC(=O)CCCCCCCC. The maximum absolute atomic E-state index is 11.8. The number of hydrogen-bond acceptors (Lipinski definition) is 1. The fourth-order valence-electron chi connectivity index (χ4n) is 3.39. The summed E-state index contributed by atoms with van der Waals surface area (Å²) in [6, 6.07) is 0. The van der Waals surface area contributed by atoms with Crippen molar-refractivity contribution >= 4 is 5.78 Å². The van der Waals surface area contributed by atoms with Crippen LogP contribution in [-0.2, 0) is 4.79 Å². The van der Waals surface area contributed by atoms with E-state index >= 15 is 0 Å². The van der Waals surface area contributed by atoms with Crippen molar-refractivity contribution in [3.63, 3.8) is 0 Å². The molecule has 0 aromatic carbocycles. The molecule has 0 saturated carbocycles. The van der Waals surface area contributed by atoms with Crippen molar-refractivity contribution in [2.75, 3.05) is 0 Å². The van der Waals surface area contributed by atoms with Gasteiger partial charge in [0.05, 0.1) is 0 Å². The molecule has 1 nitrogen and oxygen atoms in total. The molecule has 0 N–H and O–H groups in total. The lowest BCUT2D eigenvalue weighted by molar-refractivity contribution is -0.119. The molecule has 0 radical (unpaired) electrons. The van der Waals surface area contributed by atoms with Crippen LogP contribution in [0, 0.1) is 0 Å². The highest BCUT2D eigenvalue weighted by atomic mass is 16.1. The highest BCUT2D eigenvalue weighted by Gasteiger charge is 2.02. The second-order valence-corrected chi connectivity index (χ2v) is 7.70. The van der Waals surface area contributed by atoms with Crippen LogP contribution in [0.5, 0.6) is 0 Å². The average Bonchev–Trinajstić information content (AvgIpc) is 2.59. The Morgan fingerprint density at radius 1 is 0.417 bits per heavy atom. The van der Waals surface area contributed by atoms with E-state index < -0.39 is 0 Å². The lowest BCUT2D eigenvalue weighted by Crippen LogP contribution is -1.97. The van der Waals surface area contributed by atoms with E-state index in [1.54, 1.807) is 0 Å². The monoisotopic (exact) mass is 338 g/mol. The smallest absolute Gasteiger partial charge is 0.132 e. The summed E-state index contributed by atoms with van der Waals surface area (Å²) in [5, 5.41) is 0. The predicted molar refractivity (Wildman–Crippen MR) is 109 cm³/mol. The molecular formula is C23H46O. The zero-order chi connectivity index (χ0) is 17.7. The lowest BCUT2D eigenvalue weighted by atomic mass is 10.0. The molecule has 0 spiro atoms. The minimum Gasteiger partial charge on any atom is -0.300 e. The van der Waals surface area contributed by atoms with Gasteiger partial charge in [0.25, 0.3) is 0 Å². The molecule has 0 aliphatic heterocycles. The van der Waals surface area contributed by atoms with Crippen LogP contribution in [-0.4, -0.2) is 5.78 Å². The summed E-state index contributed by atoms with van der Waals surface area (Å²) in [5.41, 5.74) is 0. The van der Waals surface area contributed by atoms with E-state index in [1.807, 2.05) is 0 Å². The Balaban J connectivity index is 3.11. The third kappa shape index (κ3) is 19.7. The summed E-state index contributed by atoms with van der Waals surface area (Å²) in [4.78, 5) is 11.8. The van der Waals surface area contributed by atoms with E-state index in [9.17, 15) is 4.79 Å². The largest absolute Gasteiger partial charge is 0.300 e. The first-order valence-electron chi connectivity index (χ1n) is 11.3. The predicted octanol–water partition coefficient (Wildman–Crippen LogP) is 8.40. The number of ketones is 1. The third-order valence-electron chi connectivity index (χ3n) is 5.12. The van der Waals surface area contributed by atoms with E-state index in [1.165, 1.54) is 103 Å². The quantitative estimate of drug-likeness (QED) is 0.204. The fourth-order valence-corrected chi connectivity index (χ4v) is 3.39. The summed E-state index contributed by atoms with van der Waals surface area (Å²) in [6.45, 7) is 4.53. The summed E-state index contributed by atoms with van der Waals surface area (Å²) in [5.74, 6) is 0.512. The molecule has 144 valence electrons. The van der Waals surface area contributed by atoms with Gasteiger partial charge in [-0.1, -0.05) is 117 Å². The van der Waals surface area contributed by atoms with Gasteiger partial charge in [-0.25, -0.2) is 0 Å². The number of carbonyl (C=O) groups excluding carboxylic acids is 1. The molecule has 0 aliphatic rings. The molecule has 0 aliphatic carbocycles. The van der Waals surface area contributed by atoms with E-state index in [0.29, 0.717) is 5.78 Å². The van der Waals surface area contributed by atoms with Gasteiger partial charge in [0.2, 0.25) is 0 Å². The Morgan fingerprint density at radius 3 is 0.958 bits per heavy atom. The molecule has 0 heterocycles. The van der Waals surface area contributed by atoms with Gasteiger partial charge in [-0.2, -0.15) is 0 Å². The number of carbonyl (C=O) groups is 1. The lowest BCUT2D eigenvalue weighted by Gasteiger charge is -2.03. The zero-order valence-corrected chi connectivity index (χ0v) is 17.1. The molecule has 0 fully saturated rings. The second-order valence-electron chi connectivity index (χ2n) is 7.70. The molecule has 0 atom stereocenters.